The first-order chi connectivity index (χ1) is 9.97. The lowest BCUT2D eigenvalue weighted by Gasteiger charge is -2.32. The molecule has 2 amide bonds. The molecule has 0 aromatic carbocycles. The summed E-state index contributed by atoms with van der Waals surface area (Å²) in [6, 6.07) is 0. The Morgan fingerprint density at radius 2 is 1.86 bits per heavy atom. The van der Waals surface area contributed by atoms with Crippen LogP contribution in [0.1, 0.15) is 46.0 Å². The van der Waals surface area contributed by atoms with E-state index in [1.165, 1.54) is 0 Å². The van der Waals surface area contributed by atoms with Crippen molar-refractivity contribution in [2.24, 2.45) is 17.8 Å². The zero-order chi connectivity index (χ0) is 15.4. The van der Waals surface area contributed by atoms with Gasteiger partial charge in [0.2, 0.25) is 11.8 Å². The third kappa shape index (κ3) is 4.43. The highest BCUT2D eigenvalue weighted by atomic mass is 16.3. The van der Waals surface area contributed by atoms with Crippen LogP contribution in [0.4, 0.5) is 0 Å². The third-order valence-electron chi connectivity index (χ3n) is 4.75. The molecule has 1 saturated heterocycles. The van der Waals surface area contributed by atoms with Crippen molar-refractivity contribution in [1.82, 2.24) is 10.2 Å². The fraction of sp³-hybridized carbons (Fsp3) is 0.875. The Morgan fingerprint density at radius 1 is 1.19 bits per heavy atom. The van der Waals surface area contributed by atoms with Gasteiger partial charge in [0.15, 0.2) is 0 Å². The molecular formula is C16H28N2O3. The fourth-order valence-electron chi connectivity index (χ4n) is 3.35. The van der Waals surface area contributed by atoms with Crippen molar-refractivity contribution in [3.63, 3.8) is 0 Å². The van der Waals surface area contributed by atoms with Crippen LogP contribution in [0.25, 0.3) is 0 Å². The Bertz CT molecular complexity index is 376. The summed E-state index contributed by atoms with van der Waals surface area (Å²) in [7, 11) is 0. The number of aliphatic hydroxyl groups is 1. The predicted octanol–water partition coefficient (Wildman–Crippen LogP) is 1.16. The van der Waals surface area contributed by atoms with Crippen molar-refractivity contribution in [2.45, 2.75) is 52.1 Å². The van der Waals surface area contributed by atoms with E-state index in [2.05, 4.69) is 5.32 Å². The van der Waals surface area contributed by atoms with Gasteiger partial charge in [-0.3, -0.25) is 9.59 Å². The molecule has 2 rings (SSSR count). The van der Waals surface area contributed by atoms with E-state index in [0.717, 1.165) is 32.1 Å². The molecule has 1 saturated carbocycles. The Balaban J connectivity index is 1.69. The molecule has 2 aliphatic rings. The largest absolute Gasteiger partial charge is 0.393 e. The SMILES string of the molecule is CC(C)C(=O)N1CCC(C(=O)NCC2CCC(O)C2)CC1. The Kier molecular flexibility index (Phi) is 5.62. The van der Waals surface area contributed by atoms with Gasteiger partial charge >= 0.3 is 0 Å². The van der Waals surface area contributed by atoms with Gasteiger partial charge in [-0.05, 0) is 38.0 Å². The van der Waals surface area contributed by atoms with Gasteiger partial charge in [0.05, 0.1) is 6.10 Å². The lowest BCUT2D eigenvalue weighted by Crippen LogP contribution is -2.44. The number of nitrogens with one attached hydrogen (secondary N) is 1. The van der Waals surface area contributed by atoms with Crippen molar-refractivity contribution in [2.75, 3.05) is 19.6 Å². The Labute approximate surface area is 127 Å². The standard InChI is InChI=1S/C16H28N2O3/c1-11(2)16(21)18-7-5-13(6-8-18)15(20)17-10-12-3-4-14(19)9-12/h11-14,19H,3-10H2,1-2H3,(H,17,20). The minimum atomic E-state index is -0.183. The summed E-state index contributed by atoms with van der Waals surface area (Å²) < 4.78 is 0. The van der Waals surface area contributed by atoms with Crippen LogP contribution in [0, 0.1) is 17.8 Å². The molecule has 0 aromatic rings. The number of hydrogen-bond donors (Lipinski definition) is 2. The van der Waals surface area contributed by atoms with Crippen molar-refractivity contribution < 1.29 is 14.7 Å². The monoisotopic (exact) mass is 296 g/mol. The van der Waals surface area contributed by atoms with Gasteiger partial charge < -0.3 is 15.3 Å². The van der Waals surface area contributed by atoms with Gasteiger partial charge in [-0.15, -0.1) is 0 Å². The zero-order valence-corrected chi connectivity index (χ0v) is 13.2. The number of carbonyl (C=O) groups is 2. The van der Waals surface area contributed by atoms with Crippen molar-refractivity contribution in [3.8, 4) is 0 Å². The Morgan fingerprint density at radius 3 is 2.38 bits per heavy atom. The van der Waals surface area contributed by atoms with E-state index in [1.807, 2.05) is 18.7 Å². The second-order valence-corrected chi connectivity index (χ2v) is 6.83. The van der Waals surface area contributed by atoms with E-state index >= 15 is 0 Å². The zero-order valence-electron chi connectivity index (χ0n) is 13.2. The second-order valence-electron chi connectivity index (χ2n) is 6.83. The quantitative estimate of drug-likeness (QED) is 0.818. The summed E-state index contributed by atoms with van der Waals surface area (Å²) in [6.45, 7) is 5.89. The Hall–Kier alpha value is -1.10. The highest BCUT2D eigenvalue weighted by molar-refractivity contribution is 5.80. The molecule has 2 fully saturated rings. The lowest BCUT2D eigenvalue weighted by molar-refractivity contribution is -0.138. The first-order valence-electron chi connectivity index (χ1n) is 8.22. The normalized spacial score (nSPS) is 27.1. The van der Waals surface area contributed by atoms with Gasteiger partial charge in [-0.25, -0.2) is 0 Å². The number of rotatable bonds is 4. The number of likely N-dealkylation sites (tertiary alicyclic amines) is 1. The molecule has 1 aliphatic carbocycles. The molecule has 0 radical (unpaired) electrons. The van der Waals surface area contributed by atoms with E-state index < -0.39 is 0 Å². The summed E-state index contributed by atoms with van der Waals surface area (Å²) >= 11 is 0. The number of nitrogens with zero attached hydrogens (tertiary/aromatic N) is 1. The van der Waals surface area contributed by atoms with Crippen LogP contribution in [0.15, 0.2) is 0 Å². The number of piperidine rings is 1. The van der Waals surface area contributed by atoms with Crippen molar-refractivity contribution in [3.05, 3.63) is 0 Å². The summed E-state index contributed by atoms with van der Waals surface area (Å²) in [5.74, 6) is 0.796. The van der Waals surface area contributed by atoms with Gasteiger partial charge in [0.1, 0.15) is 0 Å². The maximum absolute atomic E-state index is 12.2. The van der Waals surface area contributed by atoms with Crippen molar-refractivity contribution >= 4 is 11.8 Å². The fourth-order valence-corrected chi connectivity index (χ4v) is 3.35. The van der Waals surface area contributed by atoms with Crippen LogP contribution in [0.2, 0.25) is 0 Å². The van der Waals surface area contributed by atoms with Crippen molar-refractivity contribution in [1.29, 1.82) is 0 Å². The average molecular weight is 296 g/mol. The topological polar surface area (TPSA) is 69.6 Å². The molecule has 5 nitrogen and oxygen atoms in total. The molecule has 2 N–H and O–H groups in total. The van der Waals surface area contributed by atoms with E-state index in [0.29, 0.717) is 25.6 Å². The number of hydrogen-bond acceptors (Lipinski definition) is 3. The molecule has 0 spiro atoms. The first-order valence-corrected chi connectivity index (χ1v) is 8.22. The third-order valence-corrected chi connectivity index (χ3v) is 4.75. The van der Waals surface area contributed by atoms with E-state index in [-0.39, 0.29) is 29.8 Å². The van der Waals surface area contributed by atoms with Crippen LogP contribution in [0.5, 0.6) is 0 Å². The van der Waals surface area contributed by atoms with E-state index in [1.54, 1.807) is 0 Å². The van der Waals surface area contributed by atoms with E-state index in [9.17, 15) is 14.7 Å². The maximum atomic E-state index is 12.2. The first kappa shape index (κ1) is 16.3. The summed E-state index contributed by atoms with van der Waals surface area (Å²) in [4.78, 5) is 26.0. The maximum Gasteiger partial charge on any atom is 0.225 e. The molecular weight excluding hydrogens is 268 g/mol. The van der Waals surface area contributed by atoms with Crippen LogP contribution >= 0.6 is 0 Å². The molecule has 1 aliphatic heterocycles. The minimum Gasteiger partial charge on any atom is -0.393 e. The molecule has 2 unspecified atom stereocenters. The highest BCUT2D eigenvalue weighted by Gasteiger charge is 2.29. The second kappa shape index (κ2) is 7.25. The molecule has 120 valence electrons. The summed E-state index contributed by atoms with van der Waals surface area (Å²) in [5.41, 5.74) is 0. The predicted molar refractivity (Wildman–Crippen MR) is 80.5 cm³/mol. The van der Waals surface area contributed by atoms with Gasteiger partial charge in [-0.2, -0.15) is 0 Å². The molecule has 21 heavy (non-hydrogen) atoms. The van der Waals surface area contributed by atoms with Crippen LogP contribution < -0.4 is 5.32 Å². The molecule has 0 bridgehead atoms. The minimum absolute atomic E-state index is 0.0316. The smallest absolute Gasteiger partial charge is 0.225 e. The van der Waals surface area contributed by atoms with Crippen LogP contribution in [-0.4, -0.2) is 47.6 Å². The van der Waals surface area contributed by atoms with Crippen LogP contribution in [0.3, 0.4) is 0 Å². The lowest BCUT2D eigenvalue weighted by atomic mass is 9.95. The molecule has 5 heteroatoms. The average Bonchev–Trinajstić information content (AvgIpc) is 2.89. The van der Waals surface area contributed by atoms with Crippen LogP contribution in [-0.2, 0) is 9.59 Å². The number of aliphatic hydroxyl groups excluding tert-OH is 1. The summed E-state index contributed by atoms with van der Waals surface area (Å²) in [5, 5.41) is 12.5. The highest BCUT2D eigenvalue weighted by Crippen LogP contribution is 2.25. The van der Waals surface area contributed by atoms with E-state index in [4.69, 9.17) is 0 Å². The number of carbonyl (C=O) groups excluding carboxylic acids is 2. The van der Waals surface area contributed by atoms with Gasteiger partial charge in [0, 0.05) is 31.5 Å². The van der Waals surface area contributed by atoms with Gasteiger partial charge in [0.25, 0.3) is 0 Å². The summed E-state index contributed by atoms with van der Waals surface area (Å²) in [6.07, 6.45) is 4.01. The number of amides is 2. The molecule has 0 aromatic heterocycles. The molecule has 1 heterocycles. The molecule has 2 atom stereocenters. The van der Waals surface area contributed by atoms with Gasteiger partial charge in [-0.1, -0.05) is 13.8 Å².